The Bertz CT molecular complexity index is 166. The second-order valence-electron chi connectivity index (χ2n) is 5.06. The fourth-order valence-corrected chi connectivity index (χ4v) is 2.93. The maximum atomic E-state index is 9.57. The summed E-state index contributed by atoms with van der Waals surface area (Å²) in [4.78, 5) is 2.48. The van der Waals surface area contributed by atoms with Gasteiger partial charge in [-0.25, -0.2) is 0 Å². The summed E-state index contributed by atoms with van der Waals surface area (Å²) in [5, 5.41) is 9.57. The lowest BCUT2D eigenvalue weighted by Crippen LogP contribution is -2.41. The SMILES string of the molecule is O[C@@H]1CCCN(CC2CCCCC2)C1. The first-order chi connectivity index (χ1) is 6.84. The third-order valence-electron chi connectivity index (χ3n) is 3.72. The minimum atomic E-state index is -0.0488. The lowest BCUT2D eigenvalue weighted by atomic mass is 9.88. The normalized spacial score (nSPS) is 31.9. The molecule has 1 atom stereocenters. The van der Waals surface area contributed by atoms with Crippen molar-refractivity contribution in [3.63, 3.8) is 0 Å². The van der Waals surface area contributed by atoms with Crippen molar-refractivity contribution < 1.29 is 5.11 Å². The van der Waals surface area contributed by atoms with Crippen molar-refractivity contribution in [3.8, 4) is 0 Å². The zero-order valence-electron chi connectivity index (χ0n) is 9.12. The number of aliphatic hydroxyl groups is 1. The van der Waals surface area contributed by atoms with E-state index in [0.717, 1.165) is 18.9 Å². The first-order valence-electron chi connectivity index (χ1n) is 6.25. The van der Waals surface area contributed by atoms with Gasteiger partial charge in [0.1, 0.15) is 0 Å². The molecule has 1 aliphatic carbocycles. The van der Waals surface area contributed by atoms with Crippen LogP contribution >= 0.6 is 0 Å². The van der Waals surface area contributed by atoms with Gasteiger partial charge >= 0.3 is 0 Å². The van der Waals surface area contributed by atoms with Crippen molar-refractivity contribution in [1.82, 2.24) is 4.90 Å². The van der Waals surface area contributed by atoms with E-state index in [2.05, 4.69) is 4.90 Å². The summed E-state index contributed by atoms with van der Waals surface area (Å²) in [5.41, 5.74) is 0. The van der Waals surface area contributed by atoms with E-state index in [4.69, 9.17) is 0 Å². The number of piperidine rings is 1. The fraction of sp³-hybridized carbons (Fsp3) is 1.00. The Kier molecular flexibility index (Phi) is 3.82. The van der Waals surface area contributed by atoms with Gasteiger partial charge in [-0.3, -0.25) is 0 Å². The molecule has 2 rings (SSSR count). The van der Waals surface area contributed by atoms with Crippen LogP contribution in [0.4, 0.5) is 0 Å². The molecule has 0 spiro atoms. The van der Waals surface area contributed by atoms with Crippen LogP contribution in [0, 0.1) is 5.92 Å². The van der Waals surface area contributed by atoms with Gasteiger partial charge in [0.25, 0.3) is 0 Å². The molecule has 14 heavy (non-hydrogen) atoms. The van der Waals surface area contributed by atoms with Gasteiger partial charge < -0.3 is 10.0 Å². The van der Waals surface area contributed by atoms with Gasteiger partial charge in [-0.2, -0.15) is 0 Å². The Morgan fingerprint density at radius 1 is 1.00 bits per heavy atom. The van der Waals surface area contributed by atoms with E-state index < -0.39 is 0 Å². The molecular weight excluding hydrogens is 174 g/mol. The molecule has 0 aromatic rings. The van der Waals surface area contributed by atoms with E-state index in [1.54, 1.807) is 0 Å². The molecule has 2 aliphatic rings. The van der Waals surface area contributed by atoms with Crippen LogP contribution < -0.4 is 0 Å². The monoisotopic (exact) mass is 197 g/mol. The number of hydrogen-bond donors (Lipinski definition) is 1. The van der Waals surface area contributed by atoms with Crippen LogP contribution in [-0.2, 0) is 0 Å². The fourth-order valence-electron chi connectivity index (χ4n) is 2.93. The summed E-state index contributed by atoms with van der Waals surface area (Å²) in [6.45, 7) is 3.39. The van der Waals surface area contributed by atoms with E-state index in [-0.39, 0.29) is 6.10 Å². The number of aliphatic hydroxyl groups excluding tert-OH is 1. The van der Waals surface area contributed by atoms with Gasteiger partial charge in [0.15, 0.2) is 0 Å². The van der Waals surface area contributed by atoms with Crippen molar-refractivity contribution in [3.05, 3.63) is 0 Å². The van der Waals surface area contributed by atoms with Gasteiger partial charge in [0, 0.05) is 13.1 Å². The van der Waals surface area contributed by atoms with Crippen LogP contribution in [0.5, 0.6) is 0 Å². The van der Waals surface area contributed by atoms with Crippen LogP contribution in [0.25, 0.3) is 0 Å². The van der Waals surface area contributed by atoms with Crippen molar-refractivity contribution in [2.45, 2.75) is 51.0 Å². The third-order valence-corrected chi connectivity index (χ3v) is 3.72. The van der Waals surface area contributed by atoms with E-state index >= 15 is 0 Å². The molecule has 2 fully saturated rings. The smallest absolute Gasteiger partial charge is 0.0667 e. The van der Waals surface area contributed by atoms with Crippen LogP contribution in [0.15, 0.2) is 0 Å². The predicted octanol–water partition coefficient (Wildman–Crippen LogP) is 2.02. The molecule has 1 heterocycles. The van der Waals surface area contributed by atoms with Crippen molar-refractivity contribution in [1.29, 1.82) is 0 Å². The standard InChI is InChI=1S/C12H23NO/c14-12-7-4-8-13(10-12)9-11-5-2-1-3-6-11/h11-12,14H,1-10H2/t12-/m1/s1. The van der Waals surface area contributed by atoms with E-state index in [9.17, 15) is 5.11 Å². The molecule has 0 bridgehead atoms. The molecule has 0 radical (unpaired) electrons. The molecule has 1 saturated carbocycles. The highest BCUT2D eigenvalue weighted by molar-refractivity contribution is 4.76. The van der Waals surface area contributed by atoms with Crippen LogP contribution in [0.1, 0.15) is 44.9 Å². The molecule has 0 amide bonds. The Morgan fingerprint density at radius 2 is 1.79 bits per heavy atom. The Balaban J connectivity index is 1.72. The average Bonchev–Trinajstić information content (AvgIpc) is 2.19. The summed E-state index contributed by atoms with van der Waals surface area (Å²) in [7, 11) is 0. The minimum absolute atomic E-state index is 0.0488. The minimum Gasteiger partial charge on any atom is -0.392 e. The molecule has 0 unspecified atom stereocenters. The summed E-state index contributed by atoms with van der Waals surface area (Å²) < 4.78 is 0. The zero-order valence-corrected chi connectivity index (χ0v) is 9.12. The van der Waals surface area contributed by atoms with Gasteiger partial charge in [0.05, 0.1) is 6.10 Å². The van der Waals surface area contributed by atoms with Gasteiger partial charge in [-0.15, -0.1) is 0 Å². The number of hydrogen-bond acceptors (Lipinski definition) is 2. The van der Waals surface area contributed by atoms with Crippen LogP contribution in [0.2, 0.25) is 0 Å². The van der Waals surface area contributed by atoms with Crippen molar-refractivity contribution in [2.75, 3.05) is 19.6 Å². The molecule has 0 aromatic heterocycles. The summed E-state index contributed by atoms with van der Waals surface area (Å²) in [6.07, 6.45) is 9.31. The number of likely N-dealkylation sites (tertiary alicyclic amines) is 1. The van der Waals surface area contributed by atoms with Gasteiger partial charge in [-0.1, -0.05) is 19.3 Å². The number of nitrogens with zero attached hydrogens (tertiary/aromatic N) is 1. The van der Waals surface area contributed by atoms with E-state index in [0.29, 0.717) is 0 Å². The first kappa shape index (κ1) is 10.4. The second-order valence-corrected chi connectivity index (χ2v) is 5.06. The third kappa shape index (κ3) is 2.96. The topological polar surface area (TPSA) is 23.5 Å². The Hall–Kier alpha value is -0.0800. The van der Waals surface area contributed by atoms with Crippen molar-refractivity contribution >= 4 is 0 Å². The highest BCUT2D eigenvalue weighted by Gasteiger charge is 2.21. The summed E-state index contributed by atoms with van der Waals surface area (Å²) >= 11 is 0. The summed E-state index contributed by atoms with van der Waals surface area (Å²) in [5.74, 6) is 0.925. The van der Waals surface area contributed by atoms with Crippen molar-refractivity contribution in [2.24, 2.45) is 5.92 Å². The summed E-state index contributed by atoms with van der Waals surface area (Å²) in [6, 6.07) is 0. The van der Waals surface area contributed by atoms with Gasteiger partial charge in [-0.05, 0) is 38.1 Å². The first-order valence-corrected chi connectivity index (χ1v) is 6.25. The molecule has 1 aliphatic heterocycles. The van der Waals surface area contributed by atoms with E-state index in [1.165, 1.54) is 51.6 Å². The van der Waals surface area contributed by atoms with Crippen LogP contribution in [-0.4, -0.2) is 35.7 Å². The molecule has 2 heteroatoms. The quantitative estimate of drug-likeness (QED) is 0.732. The Labute approximate surface area is 87.3 Å². The maximum absolute atomic E-state index is 9.57. The second kappa shape index (κ2) is 5.13. The zero-order chi connectivity index (χ0) is 9.80. The average molecular weight is 197 g/mol. The lowest BCUT2D eigenvalue weighted by molar-refractivity contribution is 0.0582. The molecule has 0 aromatic carbocycles. The molecule has 1 N–H and O–H groups in total. The highest BCUT2D eigenvalue weighted by atomic mass is 16.3. The van der Waals surface area contributed by atoms with E-state index in [1.807, 2.05) is 0 Å². The lowest BCUT2D eigenvalue weighted by Gasteiger charge is -2.34. The molecular formula is C12H23NO. The largest absolute Gasteiger partial charge is 0.392 e. The predicted molar refractivity (Wildman–Crippen MR) is 58.3 cm³/mol. The molecule has 1 saturated heterocycles. The highest BCUT2D eigenvalue weighted by Crippen LogP contribution is 2.25. The van der Waals surface area contributed by atoms with Crippen LogP contribution in [0.3, 0.4) is 0 Å². The Morgan fingerprint density at radius 3 is 2.50 bits per heavy atom. The molecule has 82 valence electrons. The maximum Gasteiger partial charge on any atom is 0.0667 e. The molecule has 2 nitrogen and oxygen atoms in total. The van der Waals surface area contributed by atoms with Gasteiger partial charge in [0.2, 0.25) is 0 Å². The number of rotatable bonds is 2. The number of β-amino-alcohol motifs (C(OH)–C–C–N with tert-alkyl or cyclic N) is 1.